The lowest BCUT2D eigenvalue weighted by molar-refractivity contribution is 0.199. The quantitative estimate of drug-likeness (QED) is 0.880. The van der Waals surface area contributed by atoms with Crippen molar-refractivity contribution in [2.24, 2.45) is 0 Å². The van der Waals surface area contributed by atoms with Crippen molar-refractivity contribution in [3.05, 3.63) is 36.4 Å². The van der Waals surface area contributed by atoms with Crippen molar-refractivity contribution >= 4 is 22.5 Å². The van der Waals surface area contributed by atoms with Gasteiger partial charge in [-0.05, 0) is 23.9 Å². The average Bonchev–Trinajstić information content (AvgIpc) is 2.86. The second-order valence-corrected chi connectivity index (χ2v) is 5.57. The van der Waals surface area contributed by atoms with Gasteiger partial charge in [0.25, 0.3) is 0 Å². The van der Waals surface area contributed by atoms with Crippen LogP contribution in [0.5, 0.6) is 5.75 Å². The zero-order chi connectivity index (χ0) is 11.7. The van der Waals surface area contributed by atoms with E-state index in [1.54, 1.807) is 6.07 Å². The number of phenols is 1. The van der Waals surface area contributed by atoms with Crippen LogP contribution < -0.4 is 0 Å². The number of ether oxygens (including phenoxy) is 1. The van der Waals surface area contributed by atoms with E-state index in [0.717, 1.165) is 30.4 Å². The van der Waals surface area contributed by atoms with Crippen molar-refractivity contribution < 1.29 is 9.84 Å². The van der Waals surface area contributed by atoms with Crippen LogP contribution in [0.3, 0.4) is 0 Å². The van der Waals surface area contributed by atoms with Gasteiger partial charge in [-0.1, -0.05) is 24.3 Å². The van der Waals surface area contributed by atoms with Crippen molar-refractivity contribution in [3.8, 4) is 5.75 Å². The maximum atomic E-state index is 9.82. The summed E-state index contributed by atoms with van der Waals surface area (Å²) in [6.07, 6.45) is 1.11. The van der Waals surface area contributed by atoms with Crippen LogP contribution in [-0.4, -0.2) is 23.6 Å². The molecule has 1 aliphatic rings. The first-order valence-corrected chi connectivity index (χ1v) is 6.67. The Morgan fingerprint density at radius 3 is 2.71 bits per heavy atom. The molecule has 88 valence electrons. The fraction of sp³-hybridized carbons (Fsp3) is 0.286. The summed E-state index contributed by atoms with van der Waals surface area (Å²) in [5.41, 5.74) is 0. The minimum absolute atomic E-state index is 0.354. The fourth-order valence-corrected chi connectivity index (χ4v) is 3.33. The van der Waals surface area contributed by atoms with Gasteiger partial charge in [0.1, 0.15) is 5.75 Å². The summed E-state index contributed by atoms with van der Waals surface area (Å²) in [5.74, 6) is 0.354. The van der Waals surface area contributed by atoms with Gasteiger partial charge in [-0.2, -0.15) is 0 Å². The molecule has 2 nitrogen and oxygen atoms in total. The minimum Gasteiger partial charge on any atom is -0.507 e. The molecule has 1 atom stereocenters. The van der Waals surface area contributed by atoms with E-state index in [-0.39, 0.29) is 0 Å². The molecule has 1 heterocycles. The first kappa shape index (κ1) is 10.9. The predicted octanol–water partition coefficient (Wildman–Crippen LogP) is 3.43. The van der Waals surface area contributed by atoms with E-state index in [4.69, 9.17) is 4.74 Å². The lowest BCUT2D eigenvalue weighted by Gasteiger charge is -2.11. The van der Waals surface area contributed by atoms with Crippen LogP contribution in [0.1, 0.15) is 6.42 Å². The summed E-state index contributed by atoms with van der Waals surface area (Å²) in [5, 5.41) is 12.4. The molecule has 1 unspecified atom stereocenters. The van der Waals surface area contributed by atoms with Crippen LogP contribution in [0.2, 0.25) is 0 Å². The molecule has 17 heavy (non-hydrogen) atoms. The molecule has 0 radical (unpaired) electrons. The number of aromatic hydroxyl groups is 1. The lowest BCUT2D eigenvalue weighted by atomic mass is 10.1. The van der Waals surface area contributed by atoms with E-state index in [0.29, 0.717) is 11.0 Å². The summed E-state index contributed by atoms with van der Waals surface area (Å²) in [7, 11) is 0. The first-order valence-electron chi connectivity index (χ1n) is 5.80. The highest BCUT2D eigenvalue weighted by atomic mass is 32.2. The van der Waals surface area contributed by atoms with Gasteiger partial charge >= 0.3 is 0 Å². The fourth-order valence-electron chi connectivity index (χ4n) is 2.14. The monoisotopic (exact) mass is 246 g/mol. The SMILES string of the molecule is Oc1ccc(SC2CCOC2)c2ccccc12. The number of hydrogen-bond donors (Lipinski definition) is 1. The van der Waals surface area contributed by atoms with Crippen LogP contribution in [0.4, 0.5) is 0 Å². The summed E-state index contributed by atoms with van der Waals surface area (Å²) in [6, 6.07) is 11.8. The Labute approximate surface area is 105 Å². The third-order valence-electron chi connectivity index (χ3n) is 3.04. The number of fused-ring (bicyclic) bond motifs is 1. The highest BCUT2D eigenvalue weighted by Gasteiger charge is 2.18. The third kappa shape index (κ3) is 2.13. The Morgan fingerprint density at radius 1 is 1.12 bits per heavy atom. The smallest absolute Gasteiger partial charge is 0.123 e. The lowest BCUT2D eigenvalue weighted by Crippen LogP contribution is -2.00. The Bertz CT molecular complexity index is 533. The van der Waals surface area contributed by atoms with Gasteiger partial charge in [0.15, 0.2) is 0 Å². The van der Waals surface area contributed by atoms with Crippen molar-refractivity contribution in [3.63, 3.8) is 0 Å². The van der Waals surface area contributed by atoms with Gasteiger partial charge in [-0.15, -0.1) is 11.8 Å². The number of phenolic OH excluding ortho intramolecular Hbond substituents is 1. The summed E-state index contributed by atoms with van der Waals surface area (Å²) in [4.78, 5) is 1.23. The molecule has 0 aliphatic carbocycles. The van der Waals surface area contributed by atoms with Crippen LogP contribution in [0.15, 0.2) is 41.3 Å². The Morgan fingerprint density at radius 2 is 1.94 bits per heavy atom. The second-order valence-electron chi connectivity index (χ2n) is 4.23. The molecule has 0 amide bonds. The molecule has 3 heteroatoms. The normalized spacial score (nSPS) is 19.9. The molecular weight excluding hydrogens is 232 g/mol. The van der Waals surface area contributed by atoms with Gasteiger partial charge in [-0.3, -0.25) is 0 Å². The molecule has 2 aromatic rings. The van der Waals surface area contributed by atoms with Crippen LogP contribution >= 0.6 is 11.8 Å². The highest BCUT2D eigenvalue weighted by molar-refractivity contribution is 8.00. The molecule has 0 spiro atoms. The van der Waals surface area contributed by atoms with E-state index in [1.807, 2.05) is 36.0 Å². The molecule has 1 saturated heterocycles. The molecule has 1 N–H and O–H groups in total. The standard InChI is InChI=1S/C14H14O2S/c15-13-5-6-14(17-10-7-8-16-9-10)12-4-2-1-3-11(12)13/h1-6,10,15H,7-9H2. The van der Waals surface area contributed by atoms with E-state index in [2.05, 4.69) is 6.07 Å². The van der Waals surface area contributed by atoms with Crippen LogP contribution in [0.25, 0.3) is 10.8 Å². The molecule has 0 aromatic heterocycles. The van der Waals surface area contributed by atoms with Crippen molar-refractivity contribution in [2.45, 2.75) is 16.6 Å². The largest absolute Gasteiger partial charge is 0.507 e. The van der Waals surface area contributed by atoms with Crippen LogP contribution in [-0.2, 0) is 4.74 Å². The second kappa shape index (κ2) is 4.59. The van der Waals surface area contributed by atoms with Gasteiger partial charge in [-0.25, -0.2) is 0 Å². The minimum atomic E-state index is 0.354. The molecule has 3 rings (SSSR count). The average molecular weight is 246 g/mol. The number of benzene rings is 2. The number of rotatable bonds is 2. The Kier molecular flexibility index (Phi) is 2.95. The summed E-state index contributed by atoms with van der Waals surface area (Å²) < 4.78 is 5.39. The zero-order valence-electron chi connectivity index (χ0n) is 9.43. The van der Waals surface area contributed by atoms with Gasteiger partial charge in [0.05, 0.1) is 6.61 Å². The van der Waals surface area contributed by atoms with E-state index in [9.17, 15) is 5.11 Å². The maximum Gasteiger partial charge on any atom is 0.123 e. The zero-order valence-corrected chi connectivity index (χ0v) is 10.2. The Hall–Kier alpha value is -1.19. The van der Waals surface area contributed by atoms with Crippen molar-refractivity contribution in [1.82, 2.24) is 0 Å². The molecule has 1 aliphatic heterocycles. The molecule has 1 fully saturated rings. The van der Waals surface area contributed by atoms with Gasteiger partial charge in [0, 0.05) is 22.1 Å². The first-order chi connectivity index (χ1) is 8.34. The van der Waals surface area contributed by atoms with E-state index >= 15 is 0 Å². The molecular formula is C14H14O2S. The van der Waals surface area contributed by atoms with Crippen molar-refractivity contribution in [1.29, 1.82) is 0 Å². The molecule has 0 saturated carbocycles. The highest BCUT2D eigenvalue weighted by Crippen LogP contribution is 2.36. The maximum absolute atomic E-state index is 9.82. The third-order valence-corrected chi connectivity index (χ3v) is 4.36. The molecule has 0 bridgehead atoms. The van der Waals surface area contributed by atoms with Crippen molar-refractivity contribution in [2.75, 3.05) is 13.2 Å². The van der Waals surface area contributed by atoms with E-state index < -0.39 is 0 Å². The number of hydrogen-bond acceptors (Lipinski definition) is 3. The topological polar surface area (TPSA) is 29.5 Å². The van der Waals surface area contributed by atoms with Crippen LogP contribution in [0, 0.1) is 0 Å². The predicted molar refractivity (Wildman–Crippen MR) is 70.7 cm³/mol. The van der Waals surface area contributed by atoms with Gasteiger partial charge < -0.3 is 9.84 Å². The Balaban J connectivity index is 2.01. The molecule has 2 aromatic carbocycles. The summed E-state index contributed by atoms with van der Waals surface area (Å²) >= 11 is 1.85. The van der Waals surface area contributed by atoms with E-state index in [1.165, 1.54) is 4.90 Å². The number of thioether (sulfide) groups is 1. The van der Waals surface area contributed by atoms with Gasteiger partial charge in [0.2, 0.25) is 0 Å². The summed E-state index contributed by atoms with van der Waals surface area (Å²) in [6.45, 7) is 1.70.